The van der Waals surface area contributed by atoms with E-state index in [9.17, 15) is 9.59 Å². The average Bonchev–Trinajstić information content (AvgIpc) is 3.41. The second-order valence-electron chi connectivity index (χ2n) is 9.95. The normalized spacial score (nSPS) is 11.6. The van der Waals surface area contributed by atoms with Gasteiger partial charge >= 0.3 is 0 Å². The maximum atomic E-state index is 13.9. The standard InChI is InChI=1S/C33H44N2O5S/c1-6-29(27-12-9-8-10-13-27)33(37)35(19-11-21-40-7-2)24-32(36)34(23-28-16-14-25(3)41-28)20-18-26-15-17-30(38-4)31(22-26)39-5/h8-10,12-17,22,29H,6-7,11,18-21,23-24H2,1-5H3. The molecule has 0 N–H and O–H groups in total. The Kier molecular flexibility index (Phi) is 13.2. The molecule has 1 aromatic heterocycles. The Hall–Kier alpha value is -3.36. The van der Waals surface area contributed by atoms with Gasteiger partial charge in [-0.2, -0.15) is 0 Å². The third-order valence-electron chi connectivity index (χ3n) is 7.08. The molecule has 2 amide bonds. The van der Waals surface area contributed by atoms with E-state index in [1.165, 1.54) is 4.88 Å². The van der Waals surface area contributed by atoms with Crippen molar-refractivity contribution in [1.82, 2.24) is 9.80 Å². The summed E-state index contributed by atoms with van der Waals surface area (Å²) in [6.07, 6.45) is 1.99. The minimum atomic E-state index is -0.295. The number of carbonyl (C=O) groups excluding carboxylic acids is 2. The first kappa shape index (κ1) is 32.2. The summed E-state index contributed by atoms with van der Waals surface area (Å²) in [5.41, 5.74) is 2.02. The van der Waals surface area contributed by atoms with Gasteiger partial charge in [-0.15, -0.1) is 11.3 Å². The Labute approximate surface area is 249 Å². The summed E-state index contributed by atoms with van der Waals surface area (Å²) in [6.45, 7) is 8.73. The van der Waals surface area contributed by atoms with Crippen LogP contribution in [0.2, 0.25) is 0 Å². The van der Waals surface area contributed by atoms with Crippen LogP contribution in [0.3, 0.4) is 0 Å². The predicted octanol–water partition coefficient (Wildman–Crippen LogP) is 6.09. The molecule has 8 heteroatoms. The molecule has 0 radical (unpaired) electrons. The molecule has 222 valence electrons. The maximum Gasteiger partial charge on any atom is 0.242 e. The third-order valence-corrected chi connectivity index (χ3v) is 8.07. The zero-order valence-corrected chi connectivity index (χ0v) is 25.9. The van der Waals surface area contributed by atoms with Gasteiger partial charge in [0, 0.05) is 36.1 Å². The van der Waals surface area contributed by atoms with E-state index in [0.29, 0.717) is 63.6 Å². The lowest BCUT2D eigenvalue weighted by molar-refractivity contribution is -0.142. The van der Waals surface area contributed by atoms with E-state index in [0.717, 1.165) is 16.0 Å². The van der Waals surface area contributed by atoms with Gasteiger partial charge in [-0.1, -0.05) is 43.3 Å². The van der Waals surface area contributed by atoms with E-state index in [1.54, 1.807) is 30.5 Å². The van der Waals surface area contributed by atoms with Gasteiger partial charge in [0.1, 0.15) is 0 Å². The lowest BCUT2D eigenvalue weighted by Gasteiger charge is -2.30. The van der Waals surface area contributed by atoms with Crippen LogP contribution >= 0.6 is 11.3 Å². The van der Waals surface area contributed by atoms with Gasteiger partial charge in [0.25, 0.3) is 0 Å². The van der Waals surface area contributed by atoms with Gasteiger partial charge < -0.3 is 24.0 Å². The summed E-state index contributed by atoms with van der Waals surface area (Å²) >= 11 is 1.69. The first-order valence-electron chi connectivity index (χ1n) is 14.4. The van der Waals surface area contributed by atoms with Crippen molar-refractivity contribution in [3.8, 4) is 11.5 Å². The van der Waals surface area contributed by atoms with E-state index in [4.69, 9.17) is 14.2 Å². The summed E-state index contributed by atoms with van der Waals surface area (Å²) in [4.78, 5) is 33.7. The molecule has 0 aliphatic heterocycles. The zero-order valence-electron chi connectivity index (χ0n) is 25.1. The van der Waals surface area contributed by atoms with Gasteiger partial charge in [0.05, 0.1) is 33.2 Å². The fraction of sp³-hybridized carbons (Fsp3) is 0.455. The molecular weight excluding hydrogens is 536 g/mol. The predicted molar refractivity (Wildman–Crippen MR) is 165 cm³/mol. The smallest absolute Gasteiger partial charge is 0.242 e. The molecular formula is C33H44N2O5S. The molecule has 1 unspecified atom stereocenters. The Balaban J connectivity index is 1.81. The molecule has 1 atom stereocenters. The van der Waals surface area contributed by atoms with Crippen LogP contribution in [-0.2, 0) is 27.3 Å². The number of ether oxygens (including phenoxy) is 3. The van der Waals surface area contributed by atoms with Crippen molar-refractivity contribution in [2.45, 2.75) is 52.5 Å². The Morgan fingerprint density at radius 3 is 2.29 bits per heavy atom. The molecule has 0 aliphatic rings. The van der Waals surface area contributed by atoms with Gasteiger partial charge in [-0.3, -0.25) is 9.59 Å². The molecule has 41 heavy (non-hydrogen) atoms. The molecule has 0 fully saturated rings. The summed E-state index contributed by atoms with van der Waals surface area (Å²) in [5.74, 6) is 0.952. The first-order chi connectivity index (χ1) is 19.9. The van der Waals surface area contributed by atoms with Crippen molar-refractivity contribution >= 4 is 23.2 Å². The van der Waals surface area contributed by atoms with Crippen LogP contribution in [0.15, 0.2) is 60.7 Å². The molecule has 0 saturated heterocycles. The molecule has 0 bridgehead atoms. The highest BCUT2D eigenvalue weighted by molar-refractivity contribution is 7.11. The number of rotatable bonds is 17. The first-order valence-corrected chi connectivity index (χ1v) is 15.2. The maximum absolute atomic E-state index is 13.9. The summed E-state index contributed by atoms with van der Waals surface area (Å²) in [7, 11) is 3.23. The Bertz CT molecular complexity index is 1230. The van der Waals surface area contributed by atoms with Gasteiger partial charge in [0.2, 0.25) is 11.8 Å². The second kappa shape index (κ2) is 16.8. The van der Waals surface area contributed by atoms with Crippen LogP contribution in [0.4, 0.5) is 0 Å². The number of amides is 2. The van der Waals surface area contributed by atoms with E-state index in [-0.39, 0.29) is 24.3 Å². The van der Waals surface area contributed by atoms with Crippen LogP contribution in [-0.4, -0.2) is 68.7 Å². The topological polar surface area (TPSA) is 68.3 Å². The van der Waals surface area contributed by atoms with Crippen LogP contribution in [0.25, 0.3) is 0 Å². The highest BCUT2D eigenvalue weighted by Crippen LogP contribution is 2.28. The van der Waals surface area contributed by atoms with Crippen molar-refractivity contribution in [2.24, 2.45) is 0 Å². The van der Waals surface area contributed by atoms with E-state index >= 15 is 0 Å². The van der Waals surface area contributed by atoms with Gasteiger partial charge in [0.15, 0.2) is 11.5 Å². The number of thiophene rings is 1. The lowest BCUT2D eigenvalue weighted by Crippen LogP contribution is -2.45. The molecule has 7 nitrogen and oxygen atoms in total. The van der Waals surface area contributed by atoms with Crippen molar-refractivity contribution in [3.05, 3.63) is 81.5 Å². The Morgan fingerprint density at radius 1 is 0.902 bits per heavy atom. The number of benzene rings is 2. The molecule has 0 aliphatic carbocycles. The number of hydrogen-bond acceptors (Lipinski definition) is 6. The van der Waals surface area contributed by atoms with Crippen molar-refractivity contribution in [2.75, 3.05) is 47.1 Å². The molecule has 3 rings (SSSR count). The summed E-state index contributed by atoms with van der Waals surface area (Å²) in [5, 5.41) is 0. The second-order valence-corrected chi connectivity index (χ2v) is 11.3. The van der Waals surface area contributed by atoms with Crippen molar-refractivity contribution in [3.63, 3.8) is 0 Å². The lowest BCUT2D eigenvalue weighted by atomic mass is 9.95. The van der Waals surface area contributed by atoms with Crippen LogP contribution < -0.4 is 9.47 Å². The highest BCUT2D eigenvalue weighted by Gasteiger charge is 2.27. The third kappa shape index (κ3) is 9.61. The minimum Gasteiger partial charge on any atom is -0.493 e. The summed E-state index contributed by atoms with van der Waals surface area (Å²) < 4.78 is 16.4. The molecule has 1 heterocycles. The largest absolute Gasteiger partial charge is 0.493 e. The summed E-state index contributed by atoms with van der Waals surface area (Å²) in [6, 6.07) is 19.8. The fourth-order valence-corrected chi connectivity index (χ4v) is 5.75. The SMILES string of the molecule is CCOCCCN(CC(=O)N(CCc1ccc(OC)c(OC)c1)Cc1ccc(C)s1)C(=O)C(CC)c1ccccc1. The quantitative estimate of drug-likeness (QED) is 0.181. The fourth-order valence-electron chi connectivity index (χ4n) is 4.84. The number of carbonyl (C=O) groups is 2. The molecule has 2 aromatic carbocycles. The van der Waals surface area contributed by atoms with Crippen molar-refractivity contribution in [1.29, 1.82) is 0 Å². The average molecular weight is 581 g/mol. The van der Waals surface area contributed by atoms with E-state index < -0.39 is 0 Å². The van der Waals surface area contributed by atoms with E-state index in [1.807, 2.05) is 67.3 Å². The van der Waals surface area contributed by atoms with E-state index in [2.05, 4.69) is 19.1 Å². The number of aryl methyl sites for hydroxylation is 1. The van der Waals surface area contributed by atoms with Crippen LogP contribution in [0.5, 0.6) is 11.5 Å². The molecule has 0 saturated carbocycles. The zero-order chi connectivity index (χ0) is 29.6. The monoisotopic (exact) mass is 580 g/mol. The van der Waals surface area contributed by atoms with Crippen molar-refractivity contribution < 1.29 is 23.8 Å². The van der Waals surface area contributed by atoms with Crippen LogP contribution in [0.1, 0.15) is 53.5 Å². The minimum absolute atomic E-state index is 0.0182. The number of hydrogen-bond donors (Lipinski definition) is 0. The number of nitrogens with zero attached hydrogens (tertiary/aromatic N) is 2. The Morgan fingerprint density at radius 2 is 1.66 bits per heavy atom. The highest BCUT2D eigenvalue weighted by atomic mass is 32.1. The number of methoxy groups -OCH3 is 2. The molecule has 3 aromatic rings. The van der Waals surface area contributed by atoms with Gasteiger partial charge in [-0.25, -0.2) is 0 Å². The van der Waals surface area contributed by atoms with Gasteiger partial charge in [-0.05, 0) is 68.5 Å². The molecule has 0 spiro atoms. The van der Waals surface area contributed by atoms with Crippen LogP contribution in [0, 0.1) is 6.92 Å².